The highest BCUT2D eigenvalue weighted by Gasteiger charge is 2.18. The van der Waals surface area contributed by atoms with E-state index in [9.17, 15) is 4.79 Å². The first-order valence-corrected chi connectivity index (χ1v) is 9.11. The molecule has 0 aliphatic carbocycles. The summed E-state index contributed by atoms with van der Waals surface area (Å²) in [5.74, 6) is 0. The third-order valence-electron chi connectivity index (χ3n) is 2.58. The van der Waals surface area contributed by atoms with Gasteiger partial charge in [-0.1, -0.05) is 44.6 Å². The summed E-state index contributed by atoms with van der Waals surface area (Å²) >= 11 is 0. The molecule has 0 fully saturated rings. The van der Waals surface area contributed by atoms with Crippen molar-refractivity contribution >= 4 is 20.7 Å². The van der Waals surface area contributed by atoms with Crippen molar-refractivity contribution in [1.29, 1.82) is 0 Å². The van der Waals surface area contributed by atoms with Crippen molar-refractivity contribution in [3.05, 3.63) is 30.3 Å². The number of carbonyl (C=O) groups is 1. The minimum absolute atomic E-state index is 0.0475. The van der Waals surface area contributed by atoms with E-state index in [0.717, 1.165) is 25.1 Å². The number of para-hydroxylation sites is 1. The van der Waals surface area contributed by atoms with Crippen molar-refractivity contribution in [2.45, 2.75) is 32.9 Å². The number of hydrogen-bond donors (Lipinski definition) is 1. The molecule has 0 saturated carbocycles. The Morgan fingerprint density at radius 2 is 1.94 bits per heavy atom. The lowest BCUT2D eigenvalue weighted by atomic mass is 10.3. The molecule has 1 aromatic rings. The fourth-order valence-corrected chi connectivity index (χ4v) is 3.02. The SMILES string of the molecule is CCCCNC(=O)N(c1ccccc1)[SiH](C)C. The van der Waals surface area contributed by atoms with Gasteiger partial charge in [-0.2, -0.15) is 0 Å². The quantitative estimate of drug-likeness (QED) is 0.632. The van der Waals surface area contributed by atoms with Crippen LogP contribution in [0.1, 0.15) is 19.8 Å². The summed E-state index contributed by atoms with van der Waals surface area (Å²) < 4.78 is 1.93. The van der Waals surface area contributed by atoms with Gasteiger partial charge in [0.15, 0.2) is 0 Å². The number of rotatable bonds is 5. The monoisotopic (exact) mass is 250 g/mol. The average molecular weight is 250 g/mol. The molecule has 0 aromatic heterocycles. The molecular weight excluding hydrogens is 228 g/mol. The molecule has 0 spiro atoms. The second-order valence-electron chi connectivity index (χ2n) is 4.38. The molecule has 1 aromatic carbocycles. The molecule has 0 saturated heterocycles. The molecule has 17 heavy (non-hydrogen) atoms. The first-order valence-electron chi connectivity index (χ1n) is 6.29. The molecule has 0 bridgehead atoms. The van der Waals surface area contributed by atoms with Crippen molar-refractivity contribution in [3.63, 3.8) is 0 Å². The van der Waals surface area contributed by atoms with Crippen LogP contribution in [0.15, 0.2) is 30.3 Å². The molecule has 0 aliphatic heterocycles. The number of unbranched alkanes of at least 4 members (excludes halogenated alkanes) is 1. The number of nitrogens with one attached hydrogen (secondary N) is 1. The van der Waals surface area contributed by atoms with Crippen molar-refractivity contribution in [2.24, 2.45) is 0 Å². The molecule has 0 radical (unpaired) electrons. The number of hydrogen-bond acceptors (Lipinski definition) is 1. The smallest absolute Gasteiger partial charge is 0.313 e. The summed E-state index contributed by atoms with van der Waals surface area (Å²) in [5.41, 5.74) is 1.00. The van der Waals surface area contributed by atoms with Gasteiger partial charge in [0.05, 0.1) is 0 Å². The zero-order valence-corrected chi connectivity index (χ0v) is 12.1. The van der Waals surface area contributed by atoms with E-state index in [2.05, 4.69) is 25.3 Å². The van der Waals surface area contributed by atoms with E-state index in [4.69, 9.17) is 0 Å². The van der Waals surface area contributed by atoms with Crippen molar-refractivity contribution < 1.29 is 4.79 Å². The predicted molar refractivity (Wildman–Crippen MR) is 76.1 cm³/mol. The van der Waals surface area contributed by atoms with Crippen molar-refractivity contribution in [2.75, 3.05) is 11.1 Å². The fraction of sp³-hybridized carbons (Fsp3) is 0.462. The van der Waals surface area contributed by atoms with E-state index in [0.29, 0.717) is 0 Å². The Kier molecular flexibility index (Phi) is 5.76. The highest BCUT2D eigenvalue weighted by atomic mass is 28.3. The highest BCUT2D eigenvalue weighted by Crippen LogP contribution is 2.15. The van der Waals surface area contributed by atoms with Crippen LogP contribution in [0.2, 0.25) is 13.1 Å². The summed E-state index contributed by atoms with van der Waals surface area (Å²) in [6.07, 6.45) is 2.14. The van der Waals surface area contributed by atoms with Gasteiger partial charge in [-0.25, -0.2) is 4.79 Å². The van der Waals surface area contributed by atoms with Crippen molar-refractivity contribution in [3.8, 4) is 0 Å². The molecule has 94 valence electrons. The Morgan fingerprint density at radius 3 is 2.47 bits per heavy atom. The van der Waals surface area contributed by atoms with E-state index in [-0.39, 0.29) is 6.03 Å². The van der Waals surface area contributed by atoms with Crippen LogP contribution in [0.5, 0.6) is 0 Å². The zero-order chi connectivity index (χ0) is 12.7. The lowest BCUT2D eigenvalue weighted by Gasteiger charge is -2.26. The number of amides is 2. The normalized spacial score (nSPS) is 10.4. The van der Waals surface area contributed by atoms with E-state index in [1.165, 1.54) is 0 Å². The van der Waals surface area contributed by atoms with Gasteiger partial charge in [-0.05, 0) is 18.6 Å². The molecule has 0 unspecified atom stereocenters. The van der Waals surface area contributed by atoms with Crippen LogP contribution in [0, 0.1) is 0 Å². The summed E-state index contributed by atoms with van der Waals surface area (Å²) in [4.78, 5) is 12.1. The van der Waals surface area contributed by atoms with Crippen LogP contribution in [-0.2, 0) is 0 Å². The predicted octanol–water partition coefficient (Wildman–Crippen LogP) is 2.99. The number of nitrogens with zero attached hydrogens (tertiary/aromatic N) is 1. The minimum atomic E-state index is -1.20. The third kappa shape index (κ3) is 4.23. The van der Waals surface area contributed by atoms with Gasteiger partial charge in [0.25, 0.3) is 0 Å². The summed E-state index contributed by atoms with van der Waals surface area (Å²) in [6.45, 7) is 7.21. The first-order chi connectivity index (χ1) is 8.16. The van der Waals surface area contributed by atoms with Gasteiger partial charge in [0, 0.05) is 12.2 Å². The van der Waals surface area contributed by atoms with E-state index < -0.39 is 8.96 Å². The summed E-state index contributed by atoms with van der Waals surface area (Å²) in [6, 6.07) is 9.94. The molecule has 2 amide bonds. The Hall–Kier alpha value is -1.29. The van der Waals surface area contributed by atoms with Crippen molar-refractivity contribution in [1.82, 2.24) is 5.32 Å². The third-order valence-corrected chi connectivity index (χ3v) is 4.14. The average Bonchev–Trinajstić information content (AvgIpc) is 2.30. The lowest BCUT2D eigenvalue weighted by molar-refractivity contribution is 0.249. The van der Waals surface area contributed by atoms with Crippen LogP contribution in [-0.4, -0.2) is 21.5 Å². The van der Waals surface area contributed by atoms with Gasteiger partial charge in [-0.3, -0.25) is 0 Å². The van der Waals surface area contributed by atoms with Gasteiger partial charge in [0.1, 0.15) is 8.96 Å². The number of anilines is 1. The fourth-order valence-electron chi connectivity index (χ4n) is 1.70. The van der Waals surface area contributed by atoms with E-state index >= 15 is 0 Å². The molecule has 3 nitrogen and oxygen atoms in total. The van der Waals surface area contributed by atoms with Gasteiger partial charge < -0.3 is 9.88 Å². The highest BCUT2D eigenvalue weighted by molar-refractivity contribution is 6.65. The largest absolute Gasteiger partial charge is 0.338 e. The summed E-state index contributed by atoms with van der Waals surface area (Å²) in [7, 11) is -1.20. The van der Waals surface area contributed by atoms with Crippen LogP contribution in [0.25, 0.3) is 0 Å². The maximum absolute atomic E-state index is 12.1. The Labute approximate surface area is 106 Å². The Bertz CT molecular complexity index is 341. The molecule has 4 heteroatoms. The maximum Gasteiger partial charge on any atom is 0.313 e. The Balaban J connectivity index is 2.70. The van der Waals surface area contributed by atoms with Gasteiger partial charge >= 0.3 is 6.03 Å². The van der Waals surface area contributed by atoms with Gasteiger partial charge in [0.2, 0.25) is 0 Å². The topological polar surface area (TPSA) is 32.3 Å². The minimum Gasteiger partial charge on any atom is -0.338 e. The Morgan fingerprint density at radius 1 is 1.29 bits per heavy atom. The van der Waals surface area contributed by atoms with Crippen LogP contribution in [0.3, 0.4) is 0 Å². The standard InChI is InChI=1S/C13H22N2OSi/c1-4-5-11-14-13(16)15(17(2)3)12-9-7-6-8-10-12/h6-10,17H,4-5,11H2,1-3H3,(H,14,16). The number of carbonyl (C=O) groups excluding carboxylic acids is 1. The second kappa shape index (κ2) is 7.11. The summed E-state index contributed by atoms with van der Waals surface area (Å²) in [5, 5.41) is 2.99. The second-order valence-corrected chi connectivity index (χ2v) is 7.09. The molecule has 0 aliphatic rings. The molecule has 1 rings (SSSR count). The van der Waals surface area contributed by atoms with Gasteiger partial charge in [-0.15, -0.1) is 0 Å². The molecule has 1 N–H and O–H groups in total. The zero-order valence-electron chi connectivity index (χ0n) is 10.9. The van der Waals surface area contributed by atoms with Crippen LogP contribution >= 0.6 is 0 Å². The molecule has 0 atom stereocenters. The molecular formula is C13H22N2OSi. The van der Waals surface area contributed by atoms with Crippen LogP contribution in [0.4, 0.5) is 10.5 Å². The maximum atomic E-state index is 12.1. The number of benzene rings is 1. The van der Waals surface area contributed by atoms with E-state index in [1.54, 1.807) is 0 Å². The number of urea groups is 1. The van der Waals surface area contributed by atoms with E-state index in [1.807, 2.05) is 34.9 Å². The first kappa shape index (κ1) is 13.8. The van der Waals surface area contributed by atoms with Crippen LogP contribution < -0.4 is 9.88 Å². The lowest BCUT2D eigenvalue weighted by Crippen LogP contribution is -2.46. The molecule has 0 heterocycles.